The highest BCUT2D eigenvalue weighted by atomic mass is 15.2. The van der Waals surface area contributed by atoms with Crippen LogP contribution in [-0.2, 0) is 13.1 Å². The van der Waals surface area contributed by atoms with Crippen LogP contribution in [0, 0.1) is 0 Å². The van der Waals surface area contributed by atoms with Crippen molar-refractivity contribution in [2.24, 2.45) is 0 Å². The molecular weight excluding hydrogens is 198 g/mol. The van der Waals surface area contributed by atoms with Gasteiger partial charge in [-0.05, 0) is 23.6 Å². The maximum Gasteiger partial charge on any atom is 0.123 e. The molecule has 0 atom stereocenters. The van der Waals surface area contributed by atoms with Gasteiger partial charge in [-0.3, -0.25) is 0 Å². The molecule has 16 heavy (non-hydrogen) atoms. The van der Waals surface area contributed by atoms with E-state index < -0.39 is 0 Å². The van der Waals surface area contributed by atoms with E-state index >= 15 is 0 Å². The Morgan fingerprint density at radius 3 is 3.06 bits per heavy atom. The smallest absolute Gasteiger partial charge is 0.123 e. The number of imidazole rings is 1. The minimum absolute atomic E-state index is 0.581. The second-order valence-corrected chi connectivity index (χ2v) is 4.76. The number of aromatic nitrogens is 2. The van der Waals surface area contributed by atoms with Crippen molar-refractivity contribution in [2.45, 2.75) is 32.9 Å². The minimum atomic E-state index is 0.581. The summed E-state index contributed by atoms with van der Waals surface area (Å²) in [6, 6.07) is 6.64. The molecule has 0 amide bonds. The van der Waals surface area contributed by atoms with Crippen LogP contribution in [-0.4, -0.2) is 16.1 Å². The maximum absolute atomic E-state index is 4.65. The van der Waals surface area contributed by atoms with E-state index in [9.17, 15) is 0 Å². The molecule has 2 heterocycles. The molecule has 0 saturated heterocycles. The van der Waals surface area contributed by atoms with Crippen LogP contribution in [0.4, 0.5) is 0 Å². The van der Waals surface area contributed by atoms with Crippen molar-refractivity contribution in [3.63, 3.8) is 0 Å². The first kappa shape index (κ1) is 9.85. The second kappa shape index (κ2) is 3.59. The average molecular weight is 215 g/mol. The SMILES string of the molecule is CC(C)c1ccc2nc3n(c2c1)CCNC3. The van der Waals surface area contributed by atoms with E-state index in [0.717, 1.165) is 25.2 Å². The predicted molar refractivity (Wildman–Crippen MR) is 65.5 cm³/mol. The average Bonchev–Trinajstić information content (AvgIpc) is 2.66. The quantitative estimate of drug-likeness (QED) is 0.790. The minimum Gasteiger partial charge on any atom is -0.326 e. The van der Waals surface area contributed by atoms with Crippen molar-refractivity contribution >= 4 is 11.0 Å². The molecule has 1 aliphatic rings. The van der Waals surface area contributed by atoms with Crippen LogP contribution >= 0.6 is 0 Å². The van der Waals surface area contributed by atoms with E-state index in [2.05, 4.69) is 46.9 Å². The van der Waals surface area contributed by atoms with Gasteiger partial charge in [-0.25, -0.2) is 4.98 Å². The van der Waals surface area contributed by atoms with Crippen molar-refractivity contribution in [3.05, 3.63) is 29.6 Å². The number of benzene rings is 1. The van der Waals surface area contributed by atoms with Gasteiger partial charge in [0.1, 0.15) is 5.82 Å². The van der Waals surface area contributed by atoms with Crippen LogP contribution in [0.2, 0.25) is 0 Å². The number of nitrogens with zero attached hydrogens (tertiary/aromatic N) is 2. The zero-order valence-corrected chi connectivity index (χ0v) is 9.83. The van der Waals surface area contributed by atoms with E-state index in [0.29, 0.717) is 5.92 Å². The first-order valence-electron chi connectivity index (χ1n) is 5.95. The number of hydrogen-bond acceptors (Lipinski definition) is 2. The predicted octanol–water partition coefficient (Wildman–Crippen LogP) is 2.26. The van der Waals surface area contributed by atoms with Gasteiger partial charge in [-0.2, -0.15) is 0 Å². The van der Waals surface area contributed by atoms with Crippen molar-refractivity contribution in [1.82, 2.24) is 14.9 Å². The van der Waals surface area contributed by atoms with Gasteiger partial charge in [0.2, 0.25) is 0 Å². The number of rotatable bonds is 1. The molecule has 0 spiro atoms. The third-order valence-electron chi connectivity index (χ3n) is 3.31. The fourth-order valence-electron chi connectivity index (χ4n) is 2.32. The fraction of sp³-hybridized carbons (Fsp3) is 0.462. The molecule has 0 fully saturated rings. The largest absolute Gasteiger partial charge is 0.326 e. The van der Waals surface area contributed by atoms with Crippen LogP contribution < -0.4 is 5.32 Å². The maximum atomic E-state index is 4.65. The molecule has 1 N–H and O–H groups in total. The highest BCUT2D eigenvalue weighted by Gasteiger charge is 2.14. The molecule has 84 valence electrons. The Morgan fingerprint density at radius 1 is 1.38 bits per heavy atom. The van der Waals surface area contributed by atoms with Crippen molar-refractivity contribution in [2.75, 3.05) is 6.54 Å². The summed E-state index contributed by atoms with van der Waals surface area (Å²) in [6.07, 6.45) is 0. The lowest BCUT2D eigenvalue weighted by atomic mass is 10.0. The van der Waals surface area contributed by atoms with E-state index in [1.54, 1.807) is 0 Å². The third-order valence-corrected chi connectivity index (χ3v) is 3.31. The topological polar surface area (TPSA) is 29.9 Å². The van der Waals surface area contributed by atoms with Gasteiger partial charge in [-0.15, -0.1) is 0 Å². The molecule has 3 nitrogen and oxygen atoms in total. The first-order chi connectivity index (χ1) is 7.75. The Bertz CT molecular complexity index is 525. The molecular formula is C13H17N3. The lowest BCUT2D eigenvalue weighted by molar-refractivity contribution is 0.514. The Kier molecular flexibility index (Phi) is 2.21. The summed E-state index contributed by atoms with van der Waals surface area (Å²) >= 11 is 0. The molecule has 1 aliphatic heterocycles. The molecule has 3 heteroatoms. The van der Waals surface area contributed by atoms with E-state index in [-0.39, 0.29) is 0 Å². The van der Waals surface area contributed by atoms with Gasteiger partial charge in [-0.1, -0.05) is 19.9 Å². The third kappa shape index (κ3) is 1.43. The Morgan fingerprint density at radius 2 is 2.25 bits per heavy atom. The summed E-state index contributed by atoms with van der Waals surface area (Å²) in [5, 5.41) is 3.36. The summed E-state index contributed by atoms with van der Waals surface area (Å²) in [7, 11) is 0. The zero-order chi connectivity index (χ0) is 11.1. The van der Waals surface area contributed by atoms with Crippen molar-refractivity contribution < 1.29 is 0 Å². The normalized spacial score (nSPS) is 15.7. The number of fused-ring (bicyclic) bond motifs is 3. The van der Waals surface area contributed by atoms with Crippen molar-refractivity contribution in [1.29, 1.82) is 0 Å². The van der Waals surface area contributed by atoms with E-state index in [1.807, 2.05) is 0 Å². The second-order valence-electron chi connectivity index (χ2n) is 4.76. The lowest BCUT2D eigenvalue weighted by Gasteiger charge is -2.15. The molecule has 0 unspecified atom stereocenters. The molecule has 0 radical (unpaired) electrons. The van der Waals surface area contributed by atoms with E-state index in [4.69, 9.17) is 0 Å². The standard InChI is InChI=1S/C13H17N3/c1-9(2)10-3-4-11-12(7-10)16-6-5-14-8-13(16)15-11/h3-4,7,9,14H,5-6,8H2,1-2H3. The summed E-state index contributed by atoms with van der Waals surface area (Å²) in [5.41, 5.74) is 3.82. The highest BCUT2D eigenvalue weighted by molar-refractivity contribution is 5.77. The summed E-state index contributed by atoms with van der Waals surface area (Å²) in [5.74, 6) is 1.75. The van der Waals surface area contributed by atoms with Crippen molar-refractivity contribution in [3.8, 4) is 0 Å². The summed E-state index contributed by atoms with van der Waals surface area (Å²) in [4.78, 5) is 4.65. The highest BCUT2D eigenvalue weighted by Crippen LogP contribution is 2.23. The summed E-state index contributed by atoms with van der Waals surface area (Å²) in [6.45, 7) is 7.44. The Labute approximate surface area is 95.5 Å². The monoisotopic (exact) mass is 215 g/mol. The first-order valence-corrected chi connectivity index (χ1v) is 5.95. The van der Waals surface area contributed by atoms with E-state index in [1.165, 1.54) is 16.9 Å². The lowest BCUT2D eigenvalue weighted by Crippen LogP contribution is -2.28. The molecule has 1 aromatic heterocycles. The molecule has 3 rings (SSSR count). The van der Waals surface area contributed by atoms with Gasteiger partial charge in [0.15, 0.2) is 0 Å². The summed E-state index contributed by atoms with van der Waals surface area (Å²) < 4.78 is 2.34. The molecule has 1 aromatic carbocycles. The molecule has 0 saturated carbocycles. The van der Waals surface area contributed by atoms with Gasteiger partial charge in [0.05, 0.1) is 17.6 Å². The van der Waals surface area contributed by atoms with Crippen LogP contribution in [0.1, 0.15) is 31.2 Å². The van der Waals surface area contributed by atoms with Crippen LogP contribution in [0.25, 0.3) is 11.0 Å². The van der Waals surface area contributed by atoms with Crippen LogP contribution in [0.15, 0.2) is 18.2 Å². The Hall–Kier alpha value is -1.35. The molecule has 2 aromatic rings. The number of hydrogen-bond donors (Lipinski definition) is 1. The zero-order valence-electron chi connectivity index (χ0n) is 9.83. The van der Waals surface area contributed by atoms with Gasteiger partial charge in [0.25, 0.3) is 0 Å². The molecule has 0 bridgehead atoms. The van der Waals surface area contributed by atoms with Gasteiger partial charge in [0, 0.05) is 13.1 Å². The van der Waals surface area contributed by atoms with Gasteiger partial charge >= 0.3 is 0 Å². The fourth-order valence-corrected chi connectivity index (χ4v) is 2.32. The van der Waals surface area contributed by atoms with Crippen LogP contribution in [0.3, 0.4) is 0 Å². The van der Waals surface area contributed by atoms with Crippen LogP contribution in [0.5, 0.6) is 0 Å². The number of nitrogens with one attached hydrogen (secondary N) is 1. The Balaban J connectivity index is 2.21. The van der Waals surface area contributed by atoms with Gasteiger partial charge < -0.3 is 9.88 Å². The molecule has 0 aliphatic carbocycles.